The van der Waals surface area contributed by atoms with Crippen molar-refractivity contribution in [2.45, 2.75) is 37.9 Å². The summed E-state index contributed by atoms with van der Waals surface area (Å²) in [5.74, 6) is 1.49. The molecule has 1 amide bonds. The Morgan fingerprint density at radius 2 is 1.83 bits per heavy atom. The average molecular weight is 528 g/mol. The molecule has 7 nitrogen and oxygen atoms in total. The SMILES string of the molecule is Cn1c(COc2ccc(C(C)(C)C)cc2)nnc1SCC(=O)Nc1nc(-c2ccc(Cl)cc2)cs1. The molecular weight excluding hydrogens is 502 g/mol. The highest BCUT2D eigenvalue weighted by Gasteiger charge is 2.15. The zero-order valence-electron chi connectivity index (χ0n) is 19.9. The van der Waals surface area contributed by atoms with Crippen LogP contribution in [0.2, 0.25) is 5.02 Å². The Bertz CT molecular complexity index is 1290. The number of thiazole rings is 1. The molecule has 2 heterocycles. The summed E-state index contributed by atoms with van der Waals surface area (Å²) >= 11 is 8.63. The van der Waals surface area contributed by atoms with Gasteiger partial charge in [-0.3, -0.25) is 4.79 Å². The molecule has 10 heteroatoms. The number of anilines is 1. The third kappa shape index (κ3) is 6.62. The Morgan fingerprint density at radius 3 is 2.51 bits per heavy atom. The summed E-state index contributed by atoms with van der Waals surface area (Å²) in [5, 5.41) is 15.0. The van der Waals surface area contributed by atoms with E-state index in [1.165, 1.54) is 28.7 Å². The maximum atomic E-state index is 12.4. The second kappa shape index (κ2) is 10.8. The summed E-state index contributed by atoms with van der Waals surface area (Å²) in [7, 11) is 1.86. The van der Waals surface area contributed by atoms with E-state index in [2.05, 4.69) is 53.4 Å². The number of thioether (sulfide) groups is 1. The normalized spacial score (nSPS) is 11.5. The molecular formula is C25H26ClN5O2S2. The monoisotopic (exact) mass is 527 g/mol. The first-order chi connectivity index (χ1) is 16.7. The number of hydrogen-bond acceptors (Lipinski definition) is 7. The van der Waals surface area contributed by atoms with E-state index in [9.17, 15) is 4.79 Å². The van der Waals surface area contributed by atoms with Gasteiger partial charge in [0, 0.05) is 23.0 Å². The minimum absolute atomic E-state index is 0.0963. The van der Waals surface area contributed by atoms with Crippen molar-refractivity contribution in [2.24, 2.45) is 7.05 Å². The van der Waals surface area contributed by atoms with Crippen LogP contribution in [-0.2, 0) is 23.9 Å². The topological polar surface area (TPSA) is 81.9 Å². The first-order valence-corrected chi connectivity index (χ1v) is 13.2. The van der Waals surface area contributed by atoms with Crippen molar-refractivity contribution in [3.8, 4) is 17.0 Å². The van der Waals surface area contributed by atoms with Crippen molar-refractivity contribution in [1.82, 2.24) is 19.7 Å². The molecule has 2 aromatic carbocycles. The molecule has 0 radical (unpaired) electrons. The van der Waals surface area contributed by atoms with E-state index in [0.29, 0.717) is 21.1 Å². The van der Waals surface area contributed by atoms with Gasteiger partial charge in [-0.05, 0) is 35.2 Å². The summed E-state index contributed by atoms with van der Waals surface area (Å²) in [6.45, 7) is 6.82. The Kier molecular flexibility index (Phi) is 7.78. The standard InChI is InChI=1S/C25H26ClN5O2S2/c1-25(2,3)17-7-11-19(12-8-17)33-13-21-29-30-24(31(21)4)35-15-22(32)28-23-27-20(14-34-23)16-5-9-18(26)10-6-16/h5-12,14H,13,15H2,1-4H3,(H,27,28,32). The molecule has 0 aliphatic rings. The van der Waals surface area contributed by atoms with Crippen LogP contribution in [0, 0.1) is 0 Å². The number of benzene rings is 2. The van der Waals surface area contributed by atoms with Gasteiger partial charge in [0.1, 0.15) is 12.4 Å². The van der Waals surface area contributed by atoms with E-state index >= 15 is 0 Å². The van der Waals surface area contributed by atoms with Gasteiger partial charge in [-0.15, -0.1) is 21.5 Å². The van der Waals surface area contributed by atoms with Crippen molar-refractivity contribution >= 4 is 45.7 Å². The molecule has 4 rings (SSSR count). The maximum absolute atomic E-state index is 12.4. The second-order valence-electron chi connectivity index (χ2n) is 8.90. The summed E-state index contributed by atoms with van der Waals surface area (Å²) in [5.41, 5.74) is 3.08. The number of hydrogen-bond donors (Lipinski definition) is 1. The number of nitrogens with zero attached hydrogens (tertiary/aromatic N) is 4. The van der Waals surface area contributed by atoms with Crippen molar-refractivity contribution in [2.75, 3.05) is 11.1 Å². The maximum Gasteiger partial charge on any atom is 0.236 e. The summed E-state index contributed by atoms with van der Waals surface area (Å²) in [6.07, 6.45) is 0. The van der Waals surface area contributed by atoms with Crippen molar-refractivity contribution in [3.05, 3.63) is 70.3 Å². The van der Waals surface area contributed by atoms with E-state index in [1.807, 2.05) is 53.4 Å². The number of carbonyl (C=O) groups excluding carboxylic acids is 1. The fourth-order valence-corrected chi connectivity index (χ4v) is 4.76. The van der Waals surface area contributed by atoms with Crippen LogP contribution in [0.1, 0.15) is 32.2 Å². The fraction of sp³-hybridized carbons (Fsp3) is 0.280. The molecule has 0 unspecified atom stereocenters. The Morgan fingerprint density at radius 1 is 1.11 bits per heavy atom. The molecule has 182 valence electrons. The van der Waals surface area contributed by atoms with Gasteiger partial charge in [-0.2, -0.15) is 0 Å². The quantitative estimate of drug-likeness (QED) is 0.275. The molecule has 0 aliphatic heterocycles. The number of nitrogens with one attached hydrogen (secondary N) is 1. The molecule has 0 saturated heterocycles. The van der Waals surface area contributed by atoms with Crippen LogP contribution in [0.3, 0.4) is 0 Å². The molecule has 0 saturated carbocycles. The lowest BCUT2D eigenvalue weighted by molar-refractivity contribution is -0.113. The van der Waals surface area contributed by atoms with Crippen LogP contribution in [-0.4, -0.2) is 31.4 Å². The predicted molar refractivity (Wildman–Crippen MR) is 142 cm³/mol. The van der Waals surface area contributed by atoms with Crippen LogP contribution < -0.4 is 10.1 Å². The van der Waals surface area contributed by atoms with E-state index in [-0.39, 0.29) is 23.7 Å². The first kappa shape index (κ1) is 25.2. The number of amides is 1. The second-order valence-corrected chi connectivity index (χ2v) is 11.1. The third-order valence-corrected chi connectivity index (χ3v) is 7.27. The third-order valence-electron chi connectivity index (χ3n) is 5.24. The summed E-state index contributed by atoms with van der Waals surface area (Å²) in [6, 6.07) is 15.5. The largest absolute Gasteiger partial charge is 0.486 e. The number of rotatable bonds is 8. The molecule has 0 aliphatic carbocycles. The minimum Gasteiger partial charge on any atom is -0.486 e. The number of aromatic nitrogens is 4. The molecule has 0 bridgehead atoms. The molecule has 0 atom stereocenters. The Hall–Kier alpha value is -2.88. The van der Waals surface area contributed by atoms with Crippen LogP contribution >= 0.6 is 34.7 Å². The smallest absolute Gasteiger partial charge is 0.236 e. The van der Waals surface area contributed by atoms with Crippen LogP contribution in [0.15, 0.2) is 59.1 Å². The highest BCUT2D eigenvalue weighted by atomic mass is 35.5. The van der Waals surface area contributed by atoms with E-state index in [4.69, 9.17) is 16.3 Å². The lowest BCUT2D eigenvalue weighted by atomic mass is 9.87. The lowest BCUT2D eigenvalue weighted by Gasteiger charge is -2.19. The predicted octanol–water partition coefficient (Wildman–Crippen LogP) is 6.20. The Balaban J connectivity index is 1.28. The molecule has 4 aromatic rings. The van der Waals surface area contributed by atoms with E-state index in [0.717, 1.165) is 17.0 Å². The van der Waals surface area contributed by atoms with Gasteiger partial charge < -0.3 is 14.6 Å². The molecule has 35 heavy (non-hydrogen) atoms. The fourth-order valence-electron chi connectivity index (χ4n) is 3.17. The van der Waals surface area contributed by atoms with Gasteiger partial charge in [-0.1, -0.05) is 68.4 Å². The number of halogens is 1. The molecule has 2 aromatic heterocycles. The zero-order chi connectivity index (χ0) is 25.0. The van der Waals surface area contributed by atoms with Gasteiger partial charge >= 0.3 is 0 Å². The van der Waals surface area contributed by atoms with Gasteiger partial charge in [0.05, 0.1) is 11.4 Å². The van der Waals surface area contributed by atoms with E-state index in [1.54, 1.807) is 0 Å². The first-order valence-electron chi connectivity index (χ1n) is 10.9. The summed E-state index contributed by atoms with van der Waals surface area (Å²) < 4.78 is 7.71. The zero-order valence-corrected chi connectivity index (χ0v) is 22.3. The van der Waals surface area contributed by atoms with Crippen LogP contribution in [0.25, 0.3) is 11.3 Å². The van der Waals surface area contributed by atoms with Crippen molar-refractivity contribution in [1.29, 1.82) is 0 Å². The van der Waals surface area contributed by atoms with Crippen molar-refractivity contribution < 1.29 is 9.53 Å². The highest BCUT2D eigenvalue weighted by Crippen LogP contribution is 2.27. The summed E-state index contributed by atoms with van der Waals surface area (Å²) in [4.78, 5) is 16.9. The average Bonchev–Trinajstić information content (AvgIpc) is 3.43. The van der Waals surface area contributed by atoms with Crippen molar-refractivity contribution in [3.63, 3.8) is 0 Å². The highest BCUT2D eigenvalue weighted by molar-refractivity contribution is 7.99. The van der Waals surface area contributed by atoms with E-state index < -0.39 is 0 Å². The van der Waals surface area contributed by atoms with Crippen LogP contribution in [0.4, 0.5) is 5.13 Å². The lowest BCUT2D eigenvalue weighted by Crippen LogP contribution is -2.14. The minimum atomic E-state index is -0.160. The van der Waals surface area contributed by atoms with Gasteiger partial charge in [0.2, 0.25) is 5.91 Å². The number of carbonyl (C=O) groups is 1. The molecule has 0 spiro atoms. The van der Waals surface area contributed by atoms with Crippen LogP contribution in [0.5, 0.6) is 5.75 Å². The van der Waals surface area contributed by atoms with Gasteiger partial charge in [0.25, 0.3) is 0 Å². The van der Waals surface area contributed by atoms with Gasteiger partial charge in [-0.25, -0.2) is 4.98 Å². The molecule has 1 N–H and O–H groups in total. The number of ether oxygens (including phenoxy) is 1. The van der Waals surface area contributed by atoms with Gasteiger partial charge in [0.15, 0.2) is 16.1 Å². The Labute approximate surface area is 217 Å². The molecule has 0 fully saturated rings.